The third kappa shape index (κ3) is 5.20. The van der Waals surface area contributed by atoms with Crippen LogP contribution in [0.15, 0.2) is 62.9 Å². The SMILES string of the molecule is CCOc1ccccc1-c1noc(COC(=O)CCCN=C2NS(=O)(=O)c3ccccc32)n1. The van der Waals surface area contributed by atoms with Gasteiger partial charge in [-0.25, -0.2) is 8.42 Å². The number of aromatic nitrogens is 2. The number of rotatable bonds is 9. The molecule has 1 N–H and O–H groups in total. The predicted octanol–water partition coefficient (Wildman–Crippen LogP) is 2.70. The van der Waals surface area contributed by atoms with Crippen molar-refractivity contribution in [2.75, 3.05) is 13.2 Å². The second-order valence-corrected chi connectivity index (χ2v) is 8.69. The van der Waals surface area contributed by atoms with Gasteiger partial charge in [0.15, 0.2) is 6.61 Å². The minimum atomic E-state index is -3.58. The number of carbonyl (C=O) groups is 1. The molecular weight excluding hydrogens is 448 g/mol. The van der Waals surface area contributed by atoms with Gasteiger partial charge in [-0.3, -0.25) is 14.5 Å². The van der Waals surface area contributed by atoms with Crippen molar-refractivity contribution in [1.29, 1.82) is 0 Å². The molecule has 0 saturated heterocycles. The topological polar surface area (TPSA) is 133 Å². The molecule has 0 saturated carbocycles. The molecule has 0 fully saturated rings. The first-order chi connectivity index (χ1) is 16.0. The molecule has 0 bridgehead atoms. The zero-order chi connectivity index (χ0) is 23.3. The fourth-order valence-corrected chi connectivity index (χ4v) is 4.49. The maximum atomic E-state index is 12.1. The number of sulfonamides is 1. The maximum Gasteiger partial charge on any atom is 0.306 e. The normalized spacial score (nSPS) is 15.1. The zero-order valence-electron chi connectivity index (χ0n) is 17.9. The molecule has 2 heterocycles. The van der Waals surface area contributed by atoms with Crippen molar-refractivity contribution in [3.63, 3.8) is 0 Å². The first-order valence-corrected chi connectivity index (χ1v) is 11.8. The predicted molar refractivity (Wildman–Crippen MR) is 118 cm³/mol. The van der Waals surface area contributed by atoms with Crippen molar-refractivity contribution in [1.82, 2.24) is 14.9 Å². The van der Waals surface area contributed by atoms with Gasteiger partial charge in [0.25, 0.3) is 15.9 Å². The molecule has 11 heteroatoms. The molecular formula is C22H22N4O6S. The molecule has 2 aromatic carbocycles. The van der Waals surface area contributed by atoms with Crippen molar-refractivity contribution in [3.8, 4) is 17.1 Å². The van der Waals surface area contributed by atoms with Crippen LogP contribution in [0.5, 0.6) is 5.75 Å². The highest BCUT2D eigenvalue weighted by Crippen LogP contribution is 2.27. The van der Waals surface area contributed by atoms with Crippen LogP contribution in [0.25, 0.3) is 11.4 Å². The van der Waals surface area contributed by atoms with Crippen LogP contribution in [0, 0.1) is 0 Å². The second-order valence-electron chi connectivity index (χ2n) is 7.04. The van der Waals surface area contributed by atoms with Crippen LogP contribution in [-0.2, 0) is 26.2 Å². The van der Waals surface area contributed by atoms with E-state index < -0.39 is 16.0 Å². The van der Waals surface area contributed by atoms with E-state index in [9.17, 15) is 13.2 Å². The summed E-state index contributed by atoms with van der Waals surface area (Å²) >= 11 is 0. The Labute approximate surface area is 190 Å². The summed E-state index contributed by atoms with van der Waals surface area (Å²) in [5.41, 5.74) is 1.21. The van der Waals surface area contributed by atoms with Gasteiger partial charge in [0.05, 0.1) is 17.1 Å². The summed E-state index contributed by atoms with van der Waals surface area (Å²) in [5.74, 6) is 0.988. The summed E-state index contributed by atoms with van der Waals surface area (Å²) in [6.07, 6.45) is 0.502. The average molecular weight is 471 g/mol. The summed E-state index contributed by atoms with van der Waals surface area (Å²) in [5, 5.41) is 3.93. The number of amidine groups is 1. The van der Waals surface area contributed by atoms with Crippen molar-refractivity contribution in [2.24, 2.45) is 4.99 Å². The van der Waals surface area contributed by atoms with E-state index in [1.54, 1.807) is 18.2 Å². The lowest BCUT2D eigenvalue weighted by atomic mass is 10.2. The molecule has 0 unspecified atom stereocenters. The van der Waals surface area contributed by atoms with Crippen LogP contribution >= 0.6 is 0 Å². The molecule has 0 atom stereocenters. The van der Waals surface area contributed by atoms with Crippen LogP contribution < -0.4 is 9.46 Å². The lowest BCUT2D eigenvalue weighted by Gasteiger charge is -2.06. The number of benzene rings is 2. The Morgan fingerprint density at radius 2 is 1.88 bits per heavy atom. The number of fused-ring (bicyclic) bond motifs is 1. The van der Waals surface area contributed by atoms with Crippen LogP contribution in [0.4, 0.5) is 0 Å². The average Bonchev–Trinajstić information content (AvgIpc) is 3.38. The number of ether oxygens (including phenoxy) is 2. The highest BCUT2D eigenvalue weighted by Gasteiger charge is 2.29. The van der Waals surface area contributed by atoms with Gasteiger partial charge in [-0.1, -0.05) is 29.4 Å². The number of para-hydroxylation sites is 1. The number of hydrogen-bond acceptors (Lipinski definition) is 9. The molecule has 1 aromatic heterocycles. The zero-order valence-corrected chi connectivity index (χ0v) is 18.7. The number of hydrogen-bond donors (Lipinski definition) is 1. The minimum absolute atomic E-state index is 0.110. The fourth-order valence-electron chi connectivity index (χ4n) is 3.24. The Hall–Kier alpha value is -3.73. The Morgan fingerprint density at radius 3 is 2.70 bits per heavy atom. The van der Waals surface area contributed by atoms with Crippen molar-refractivity contribution in [3.05, 3.63) is 60.0 Å². The van der Waals surface area contributed by atoms with Crippen molar-refractivity contribution in [2.45, 2.75) is 31.3 Å². The minimum Gasteiger partial charge on any atom is -0.493 e. The van der Waals surface area contributed by atoms with Crippen molar-refractivity contribution < 1.29 is 27.2 Å². The number of carbonyl (C=O) groups excluding carboxylic acids is 1. The molecule has 1 aliphatic heterocycles. The largest absolute Gasteiger partial charge is 0.493 e. The lowest BCUT2D eigenvalue weighted by Crippen LogP contribution is -2.22. The molecule has 10 nitrogen and oxygen atoms in total. The molecule has 1 aliphatic rings. The Bertz CT molecular complexity index is 1290. The highest BCUT2D eigenvalue weighted by atomic mass is 32.2. The van der Waals surface area contributed by atoms with E-state index in [4.69, 9.17) is 14.0 Å². The first-order valence-electron chi connectivity index (χ1n) is 10.3. The molecule has 4 rings (SSSR count). The highest BCUT2D eigenvalue weighted by molar-refractivity contribution is 7.90. The monoisotopic (exact) mass is 470 g/mol. The van der Waals surface area contributed by atoms with Crippen LogP contribution in [0.2, 0.25) is 0 Å². The van der Waals surface area contributed by atoms with Gasteiger partial charge in [0.2, 0.25) is 5.82 Å². The second kappa shape index (κ2) is 9.82. The molecule has 0 radical (unpaired) electrons. The van der Waals surface area contributed by atoms with E-state index in [1.807, 2.05) is 31.2 Å². The molecule has 0 amide bonds. The van der Waals surface area contributed by atoms with Gasteiger partial charge < -0.3 is 14.0 Å². The third-order valence-corrected chi connectivity index (χ3v) is 6.12. The van der Waals surface area contributed by atoms with Gasteiger partial charge in [-0.2, -0.15) is 4.98 Å². The van der Waals surface area contributed by atoms with E-state index in [-0.39, 0.29) is 36.2 Å². The van der Waals surface area contributed by atoms with Crippen LogP contribution in [0.1, 0.15) is 31.2 Å². The third-order valence-electron chi connectivity index (χ3n) is 4.72. The summed E-state index contributed by atoms with van der Waals surface area (Å²) in [6, 6.07) is 13.9. The summed E-state index contributed by atoms with van der Waals surface area (Å²) in [6.45, 7) is 2.50. The van der Waals surface area contributed by atoms with E-state index in [0.717, 1.165) is 0 Å². The van der Waals surface area contributed by atoms with E-state index >= 15 is 0 Å². The van der Waals surface area contributed by atoms with Crippen LogP contribution in [-0.4, -0.2) is 43.5 Å². The van der Waals surface area contributed by atoms with Gasteiger partial charge in [-0.15, -0.1) is 0 Å². The van der Waals surface area contributed by atoms with Gasteiger partial charge in [-0.05, 0) is 37.6 Å². The number of esters is 1. The Balaban J connectivity index is 1.26. The van der Waals surface area contributed by atoms with E-state index in [2.05, 4.69) is 19.9 Å². The number of aliphatic imine (C=N–C) groups is 1. The number of nitrogens with one attached hydrogen (secondary N) is 1. The lowest BCUT2D eigenvalue weighted by molar-refractivity contribution is -0.145. The van der Waals surface area contributed by atoms with Gasteiger partial charge in [0.1, 0.15) is 11.6 Å². The summed E-state index contributed by atoms with van der Waals surface area (Å²) in [4.78, 5) is 20.8. The van der Waals surface area contributed by atoms with E-state index in [1.165, 1.54) is 6.07 Å². The molecule has 0 aliphatic carbocycles. The Morgan fingerprint density at radius 1 is 1.12 bits per heavy atom. The fraction of sp³-hybridized carbons (Fsp3) is 0.273. The molecule has 33 heavy (non-hydrogen) atoms. The Kier molecular flexibility index (Phi) is 6.68. The molecule has 3 aromatic rings. The van der Waals surface area contributed by atoms with Crippen molar-refractivity contribution >= 4 is 21.8 Å². The quantitative estimate of drug-likeness (QED) is 0.373. The number of nitrogens with zero attached hydrogens (tertiary/aromatic N) is 3. The van der Waals surface area contributed by atoms with Gasteiger partial charge in [0, 0.05) is 18.5 Å². The maximum absolute atomic E-state index is 12.1. The van der Waals surface area contributed by atoms with E-state index in [0.29, 0.717) is 35.7 Å². The summed E-state index contributed by atoms with van der Waals surface area (Å²) < 4.78 is 42.5. The summed E-state index contributed by atoms with van der Waals surface area (Å²) in [7, 11) is -3.58. The smallest absolute Gasteiger partial charge is 0.306 e. The first kappa shape index (κ1) is 22.5. The molecule has 0 spiro atoms. The van der Waals surface area contributed by atoms with Gasteiger partial charge >= 0.3 is 5.97 Å². The standard InChI is InChI=1S/C22H22N4O6S/c1-2-30-17-10-5-3-8-15(17)22-24-19(32-25-22)14-31-20(27)12-7-13-23-21-16-9-4-6-11-18(16)33(28,29)26-21/h3-6,8-11H,2,7,12-14H2,1H3,(H,23,26). The van der Waals surface area contributed by atoms with Crippen LogP contribution in [0.3, 0.4) is 0 Å². The molecule has 172 valence electrons.